The van der Waals surface area contributed by atoms with Crippen LogP contribution in [-0.4, -0.2) is 18.5 Å². The van der Waals surface area contributed by atoms with Crippen molar-refractivity contribution in [2.24, 2.45) is 0 Å². The smallest absolute Gasteiger partial charge is 0.286 e. The Hall–Kier alpha value is -1.02. The first-order valence-electron chi connectivity index (χ1n) is 2.44. The summed E-state index contributed by atoms with van der Waals surface area (Å²) in [5.74, 6) is 0. The Morgan fingerprint density at radius 3 is 2.67 bits per heavy atom. The molecule has 1 rings (SSSR count). The zero-order chi connectivity index (χ0) is 6.85. The molecule has 50 valence electrons. The zero-order valence-electron chi connectivity index (χ0n) is 4.86. The second-order valence-electron chi connectivity index (χ2n) is 1.71. The number of nitrogens with zero attached hydrogens (tertiary/aromatic N) is 1. The molecule has 0 bridgehead atoms. The molecule has 1 heterocycles. The molecule has 0 unspecified atom stereocenters. The third-order valence-electron chi connectivity index (χ3n) is 0.929. The quantitative estimate of drug-likeness (QED) is 0.528. The van der Waals surface area contributed by atoms with Crippen molar-refractivity contribution in [3.8, 4) is 0 Å². The minimum absolute atomic E-state index is 0.169. The monoisotopic (exact) mass is 132 g/mol. The van der Waals surface area contributed by atoms with E-state index < -0.39 is 6.43 Å². The van der Waals surface area contributed by atoms with Crippen LogP contribution in [0.4, 0.5) is 8.78 Å². The SMILES string of the molecule is CN1C=C=C(C(F)F)N1. The van der Waals surface area contributed by atoms with E-state index in [9.17, 15) is 8.78 Å². The third kappa shape index (κ3) is 1.21. The molecule has 0 aromatic rings. The fourth-order valence-electron chi connectivity index (χ4n) is 0.533. The average Bonchev–Trinajstić information content (AvgIpc) is 2.14. The van der Waals surface area contributed by atoms with Crippen LogP contribution in [0.25, 0.3) is 0 Å². The molecule has 0 aromatic carbocycles. The van der Waals surface area contributed by atoms with Gasteiger partial charge in [-0.1, -0.05) is 5.73 Å². The van der Waals surface area contributed by atoms with Crippen LogP contribution in [0, 0.1) is 0 Å². The largest absolute Gasteiger partial charge is 0.290 e. The molecule has 0 saturated heterocycles. The Labute approximate surface area is 51.4 Å². The van der Waals surface area contributed by atoms with E-state index in [0.717, 1.165) is 0 Å². The minimum atomic E-state index is -2.45. The van der Waals surface area contributed by atoms with Crippen LogP contribution in [0.3, 0.4) is 0 Å². The third-order valence-corrected chi connectivity index (χ3v) is 0.929. The number of halogens is 2. The first-order valence-corrected chi connectivity index (χ1v) is 2.44. The Morgan fingerprint density at radius 2 is 2.44 bits per heavy atom. The molecule has 0 aliphatic carbocycles. The summed E-state index contributed by atoms with van der Waals surface area (Å²) < 4.78 is 23.4. The van der Waals surface area contributed by atoms with Gasteiger partial charge in [0, 0.05) is 7.05 Å². The first kappa shape index (κ1) is 6.11. The molecule has 0 amide bonds. The highest BCUT2D eigenvalue weighted by Gasteiger charge is 2.13. The second-order valence-corrected chi connectivity index (χ2v) is 1.71. The van der Waals surface area contributed by atoms with Crippen molar-refractivity contribution in [2.45, 2.75) is 6.43 Å². The van der Waals surface area contributed by atoms with Gasteiger partial charge >= 0.3 is 0 Å². The number of rotatable bonds is 1. The van der Waals surface area contributed by atoms with E-state index in [1.807, 2.05) is 0 Å². The van der Waals surface area contributed by atoms with Crippen LogP contribution in [-0.2, 0) is 0 Å². The molecule has 0 saturated carbocycles. The molecular formula is C5H6F2N2. The second kappa shape index (κ2) is 2.07. The first-order chi connectivity index (χ1) is 4.20. The number of nitrogens with one attached hydrogen (secondary N) is 1. The van der Waals surface area contributed by atoms with E-state index in [1.54, 1.807) is 7.05 Å². The van der Waals surface area contributed by atoms with Crippen molar-refractivity contribution in [1.29, 1.82) is 0 Å². The van der Waals surface area contributed by atoms with Crippen LogP contribution >= 0.6 is 0 Å². The summed E-state index contributed by atoms with van der Waals surface area (Å²) in [5.41, 5.74) is 4.58. The van der Waals surface area contributed by atoms with Crippen LogP contribution in [0.2, 0.25) is 0 Å². The van der Waals surface area contributed by atoms with E-state index in [2.05, 4.69) is 11.2 Å². The molecule has 9 heavy (non-hydrogen) atoms. The van der Waals surface area contributed by atoms with Gasteiger partial charge in [-0.2, -0.15) is 0 Å². The van der Waals surface area contributed by atoms with E-state index in [-0.39, 0.29) is 5.70 Å². The van der Waals surface area contributed by atoms with Gasteiger partial charge in [-0.05, 0) is 0 Å². The van der Waals surface area contributed by atoms with Crippen molar-refractivity contribution < 1.29 is 8.78 Å². The lowest BCUT2D eigenvalue weighted by molar-refractivity contribution is 0.167. The predicted molar refractivity (Wildman–Crippen MR) is 28.5 cm³/mol. The van der Waals surface area contributed by atoms with Crippen molar-refractivity contribution in [2.75, 3.05) is 7.05 Å². The Bertz CT molecular complexity index is 170. The summed E-state index contributed by atoms with van der Waals surface area (Å²) in [4.78, 5) is 0. The fraction of sp³-hybridized carbons (Fsp3) is 0.400. The van der Waals surface area contributed by atoms with Gasteiger partial charge in [-0.15, -0.1) is 0 Å². The lowest BCUT2D eigenvalue weighted by atomic mass is 10.5. The molecule has 2 nitrogen and oxygen atoms in total. The van der Waals surface area contributed by atoms with Gasteiger partial charge in [0.15, 0.2) is 0 Å². The molecular weight excluding hydrogens is 126 g/mol. The maximum absolute atomic E-state index is 11.7. The Morgan fingerprint density at radius 1 is 1.78 bits per heavy atom. The molecule has 0 radical (unpaired) electrons. The average molecular weight is 132 g/mol. The molecule has 0 fully saturated rings. The number of hydrogen-bond donors (Lipinski definition) is 1. The number of hydrogen-bond acceptors (Lipinski definition) is 2. The highest BCUT2D eigenvalue weighted by Crippen LogP contribution is 2.06. The number of alkyl halides is 2. The Balaban J connectivity index is 2.58. The van der Waals surface area contributed by atoms with E-state index in [0.29, 0.717) is 0 Å². The van der Waals surface area contributed by atoms with Crippen LogP contribution in [0.5, 0.6) is 0 Å². The molecule has 1 aliphatic heterocycles. The molecule has 4 heteroatoms. The standard InChI is InChI=1S/C5H6F2N2/c1-9-3-2-4(8-9)5(6)7/h3,5,8H,1H3. The van der Waals surface area contributed by atoms with E-state index in [1.165, 1.54) is 11.2 Å². The maximum atomic E-state index is 11.7. The van der Waals surface area contributed by atoms with E-state index in [4.69, 9.17) is 0 Å². The van der Waals surface area contributed by atoms with Gasteiger partial charge in [0.1, 0.15) is 5.70 Å². The highest BCUT2D eigenvalue weighted by atomic mass is 19.3. The van der Waals surface area contributed by atoms with Gasteiger partial charge in [0.25, 0.3) is 6.43 Å². The van der Waals surface area contributed by atoms with Crippen LogP contribution in [0.1, 0.15) is 0 Å². The summed E-state index contributed by atoms with van der Waals surface area (Å²) >= 11 is 0. The zero-order valence-corrected chi connectivity index (χ0v) is 4.86. The van der Waals surface area contributed by atoms with E-state index >= 15 is 0 Å². The summed E-state index contributed by atoms with van der Waals surface area (Å²) in [7, 11) is 1.63. The van der Waals surface area contributed by atoms with Crippen molar-refractivity contribution >= 4 is 0 Å². The fourth-order valence-corrected chi connectivity index (χ4v) is 0.533. The minimum Gasteiger partial charge on any atom is -0.290 e. The van der Waals surface area contributed by atoms with Gasteiger partial charge < -0.3 is 0 Å². The molecule has 0 aromatic heterocycles. The summed E-state index contributed by atoms with van der Waals surface area (Å²) in [6.07, 6.45) is -1.03. The van der Waals surface area contributed by atoms with Crippen molar-refractivity contribution in [3.63, 3.8) is 0 Å². The van der Waals surface area contributed by atoms with Crippen molar-refractivity contribution in [3.05, 3.63) is 17.6 Å². The predicted octanol–water partition coefficient (Wildman–Crippen LogP) is 0.698. The van der Waals surface area contributed by atoms with Crippen molar-refractivity contribution in [1.82, 2.24) is 10.4 Å². The van der Waals surface area contributed by atoms with Gasteiger partial charge in [0.05, 0.1) is 6.20 Å². The topological polar surface area (TPSA) is 15.3 Å². The molecule has 1 aliphatic rings. The summed E-state index contributed by atoms with van der Waals surface area (Å²) in [6.45, 7) is 0. The molecule has 1 N–H and O–H groups in total. The van der Waals surface area contributed by atoms with Gasteiger partial charge in [-0.3, -0.25) is 10.4 Å². The lowest BCUT2D eigenvalue weighted by Gasteiger charge is -2.10. The lowest BCUT2D eigenvalue weighted by Crippen LogP contribution is -2.27. The summed E-state index contributed by atoms with van der Waals surface area (Å²) in [5, 5.41) is 1.42. The molecule has 0 atom stereocenters. The number of allylic oxidation sites excluding steroid dienone is 1. The normalized spacial score (nSPS) is 16.4. The highest BCUT2D eigenvalue weighted by molar-refractivity contribution is 5.06. The van der Waals surface area contributed by atoms with Gasteiger partial charge in [0.2, 0.25) is 0 Å². The summed E-state index contributed by atoms with van der Waals surface area (Å²) in [6, 6.07) is 0. The Kier molecular flexibility index (Phi) is 1.40. The number of hydrazine groups is 1. The maximum Gasteiger partial charge on any atom is 0.286 e. The van der Waals surface area contributed by atoms with Crippen LogP contribution in [0.15, 0.2) is 17.6 Å². The van der Waals surface area contributed by atoms with Gasteiger partial charge in [-0.25, -0.2) is 8.78 Å². The molecule has 0 spiro atoms. The van der Waals surface area contributed by atoms with Crippen LogP contribution < -0.4 is 5.43 Å².